The van der Waals surface area contributed by atoms with Gasteiger partial charge in [0.25, 0.3) is 0 Å². The molecule has 0 bridgehead atoms. The first kappa shape index (κ1) is 16.5. The van der Waals surface area contributed by atoms with Gasteiger partial charge in [-0.2, -0.15) is 5.26 Å². The lowest BCUT2D eigenvalue weighted by molar-refractivity contribution is 0.106. The zero-order valence-corrected chi connectivity index (χ0v) is 12.5. The van der Waals surface area contributed by atoms with Crippen LogP contribution in [0.3, 0.4) is 0 Å². The van der Waals surface area contributed by atoms with E-state index in [-0.39, 0.29) is 6.61 Å². The topological polar surface area (TPSA) is 65.3 Å². The molecule has 110 valence electrons. The summed E-state index contributed by atoms with van der Waals surface area (Å²) in [5, 5.41) is 21.7. The summed E-state index contributed by atoms with van der Waals surface area (Å²) in [5.41, 5.74) is 0.901. The second kappa shape index (κ2) is 7.88. The molecule has 2 N–H and O–H groups in total. The first-order chi connectivity index (χ1) is 9.40. The van der Waals surface area contributed by atoms with Gasteiger partial charge in [0.1, 0.15) is 18.5 Å². The number of aliphatic hydroxyl groups is 1. The molecular formula is C16H24N2O2. The number of rotatable bonds is 7. The van der Waals surface area contributed by atoms with Crippen LogP contribution in [-0.2, 0) is 0 Å². The van der Waals surface area contributed by atoms with Crippen LogP contribution in [0, 0.1) is 16.7 Å². The standard InChI is InChI=1S/C16H24N2O2/c1-16(2,3)8-9-18-11-14(19)12-20-15-6-4-13(10-17)5-7-15/h4-7,14,18-19H,8-9,11-12H2,1-3H3. The predicted molar refractivity (Wildman–Crippen MR) is 79.6 cm³/mol. The van der Waals surface area contributed by atoms with Crippen LogP contribution in [0.25, 0.3) is 0 Å². The molecule has 1 aromatic rings. The maximum Gasteiger partial charge on any atom is 0.119 e. The number of aliphatic hydroxyl groups excluding tert-OH is 1. The first-order valence-corrected chi connectivity index (χ1v) is 6.92. The van der Waals surface area contributed by atoms with Crippen LogP contribution in [0.1, 0.15) is 32.8 Å². The number of nitriles is 1. The van der Waals surface area contributed by atoms with Gasteiger partial charge in [-0.3, -0.25) is 0 Å². The van der Waals surface area contributed by atoms with Crippen LogP contribution in [0.2, 0.25) is 0 Å². The van der Waals surface area contributed by atoms with Crippen molar-refractivity contribution in [2.45, 2.75) is 33.3 Å². The molecule has 0 saturated heterocycles. The monoisotopic (exact) mass is 276 g/mol. The summed E-state index contributed by atoms with van der Waals surface area (Å²) >= 11 is 0. The zero-order valence-electron chi connectivity index (χ0n) is 12.5. The molecule has 0 heterocycles. The molecule has 4 nitrogen and oxygen atoms in total. The van der Waals surface area contributed by atoms with Crippen LogP contribution in [0.4, 0.5) is 0 Å². The predicted octanol–water partition coefficient (Wildman–Crippen LogP) is 2.32. The number of hydrogen-bond donors (Lipinski definition) is 2. The molecule has 0 fully saturated rings. The molecule has 0 radical (unpaired) electrons. The number of benzene rings is 1. The van der Waals surface area contributed by atoms with Gasteiger partial charge in [-0.1, -0.05) is 20.8 Å². The Morgan fingerprint density at radius 2 is 1.95 bits per heavy atom. The van der Waals surface area contributed by atoms with Crippen molar-refractivity contribution in [3.05, 3.63) is 29.8 Å². The second-order valence-electron chi connectivity index (χ2n) is 6.12. The molecule has 1 atom stereocenters. The molecule has 4 heteroatoms. The number of nitrogens with one attached hydrogen (secondary N) is 1. The van der Waals surface area contributed by atoms with Gasteiger partial charge in [0.15, 0.2) is 0 Å². The summed E-state index contributed by atoms with van der Waals surface area (Å²) in [6, 6.07) is 8.91. The van der Waals surface area contributed by atoms with Crippen molar-refractivity contribution < 1.29 is 9.84 Å². The summed E-state index contributed by atoms with van der Waals surface area (Å²) in [5.74, 6) is 0.665. The normalized spacial score (nSPS) is 12.8. The fraction of sp³-hybridized carbons (Fsp3) is 0.562. The summed E-state index contributed by atoms with van der Waals surface area (Å²) in [6.45, 7) is 8.23. The van der Waals surface area contributed by atoms with Crippen LogP contribution in [0.5, 0.6) is 5.75 Å². The van der Waals surface area contributed by atoms with Crippen molar-refractivity contribution in [3.8, 4) is 11.8 Å². The zero-order chi connectivity index (χ0) is 15.0. The Bertz CT molecular complexity index is 429. The third kappa shape index (κ3) is 7.13. The fourth-order valence-corrected chi connectivity index (χ4v) is 1.61. The molecule has 0 aliphatic rings. The van der Waals surface area contributed by atoms with E-state index in [1.54, 1.807) is 24.3 Å². The molecule has 0 aliphatic heterocycles. The van der Waals surface area contributed by atoms with Gasteiger partial charge in [-0.15, -0.1) is 0 Å². The summed E-state index contributed by atoms with van der Waals surface area (Å²) < 4.78 is 5.47. The number of ether oxygens (including phenoxy) is 1. The van der Waals surface area contributed by atoms with E-state index < -0.39 is 6.10 Å². The van der Waals surface area contributed by atoms with Crippen LogP contribution in [0.15, 0.2) is 24.3 Å². The average molecular weight is 276 g/mol. The fourth-order valence-electron chi connectivity index (χ4n) is 1.61. The molecule has 1 unspecified atom stereocenters. The molecule has 0 aliphatic carbocycles. The van der Waals surface area contributed by atoms with E-state index in [0.29, 0.717) is 23.3 Å². The van der Waals surface area contributed by atoms with Gasteiger partial charge in [-0.25, -0.2) is 0 Å². The maximum absolute atomic E-state index is 9.80. The van der Waals surface area contributed by atoms with E-state index in [9.17, 15) is 5.11 Å². The molecule has 1 aromatic carbocycles. The molecule has 20 heavy (non-hydrogen) atoms. The highest BCUT2D eigenvalue weighted by atomic mass is 16.5. The largest absolute Gasteiger partial charge is 0.491 e. The summed E-state index contributed by atoms with van der Waals surface area (Å²) in [4.78, 5) is 0. The van der Waals surface area contributed by atoms with Crippen molar-refractivity contribution in [1.82, 2.24) is 5.32 Å². The van der Waals surface area contributed by atoms with E-state index in [1.165, 1.54) is 0 Å². The lowest BCUT2D eigenvalue weighted by atomic mass is 9.92. The van der Waals surface area contributed by atoms with E-state index in [4.69, 9.17) is 10.00 Å². The van der Waals surface area contributed by atoms with Crippen molar-refractivity contribution in [2.75, 3.05) is 19.7 Å². The van der Waals surface area contributed by atoms with E-state index >= 15 is 0 Å². The minimum Gasteiger partial charge on any atom is -0.491 e. The van der Waals surface area contributed by atoms with Gasteiger partial charge >= 0.3 is 0 Å². The number of hydrogen-bond acceptors (Lipinski definition) is 4. The Labute approximate surface area is 121 Å². The van der Waals surface area contributed by atoms with E-state index in [0.717, 1.165) is 13.0 Å². The van der Waals surface area contributed by atoms with Gasteiger partial charge in [-0.05, 0) is 42.6 Å². The molecule has 0 aromatic heterocycles. The second-order valence-corrected chi connectivity index (χ2v) is 6.12. The van der Waals surface area contributed by atoms with Crippen LogP contribution >= 0.6 is 0 Å². The Kier molecular flexibility index (Phi) is 6.50. The smallest absolute Gasteiger partial charge is 0.119 e. The van der Waals surface area contributed by atoms with Gasteiger partial charge in [0.05, 0.1) is 11.6 Å². The van der Waals surface area contributed by atoms with Crippen molar-refractivity contribution in [3.63, 3.8) is 0 Å². The average Bonchev–Trinajstić information content (AvgIpc) is 2.41. The van der Waals surface area contributed by atoms with Crippen LogP contribution < -0.4 is 10.1 Å². The minimum atomic E-state index is -0.536. The van der Waals surface area contributed by atoms with Crippen molar-refractivity contribution >= 4 is 0 Å². The molecule has 0 saturated carbocycles. The third-order valence-corrected chi connectivity index (χ3v) is 2.86. The molecular weight excluding hydrogens is 252 g/mol. The molecule has 0 spiro atoms. The van der Waals surface area contributed by atoms with E-state index in [2.05, 4.69) is 32.2 Å². The Balaban J connectivity index is 2.19. The minimum absolute atomic E-state index is 0.244. The van der Waals surface area contributed by atoms with Crippen molar-refractivity contribution in [1.29, 1.82) is 5.26 Å². The lowest BCUT2D eigenvalue weighted by Crippen LogP contribution is -2.33. The Morgan fingerprint density at radius 3 is 2.50 bits per heavy atom. The van der Waals surface area contributed by atoms with Crippen LogP contribution in [-0.4, -0.2) is 30.9 Å². The third-order valence-electron chi connectivity index (χ3n) is 2.86. The van der Waals surface area contributed by atoms with Crippen molar-refractivity contribution in [2.24, 2.45) is 5.41 Å². The summed E-state index contributed by atoms with van der Waals surface area (Å²) in [7, 11) is 0. The quantitative estimate of drug-likeness (QED) is 0.750. The summed E-state index contributed by atoms with van der Waals surface area (Å²) in [6.07, 6.45) is 0.529. The molecule has 0 amide bonds. The van der Waals surface area contributed by atoms with Gasteiger partial charge in [0.2, 0.25) is 0 Å². The highest BCUT2D eigenvalue weighted by Crippen LogP contribution is 2.16. The van der Waals surface area contributed by atoms with Gasteiger partial charge in [0, 0.05) is 6.54 Å². The molecule has 1 rings (SSSR count). The van der Waals surface area contributed by atoms with Gasteiger partial charge < -0.3 is 15.2 Å². The number of nitrogens with zero attached hydrogens (tertiary/aromatic N) is 1. The first-order valence-electron chi connectivity index (χ1n) is 6.92. The highest BCUT2D eigenvalue weighted by Gasteiger charge is 2.10. The lowest BCUT2D eigenvalue weighted by Gasteiger charge is -2.19. The van der Waals surface area contributed by atoms with E-state index in [1.807, 2.05) is 0 Å². The highest BCUT2D eigenvalue weighted by molar-refractivity contribution is 5.34. The Hall–Kier alpha value is -1.57. The maximum atomic E-state index is 9.80. The Morgan fingerprint density at radius 1 is 1.30 bits per heavy atom. The SMILES string of the molecule is CC(C)(C)CCNCC(O)COc1ccc(C#N)cc1.